The Morgan fingerprint density at radius 3 is 2.45 bits per heavy atom. The Hall–Kier alpha value is -3.44. The van der Waals surface area contributed by atoms with Crippen molar-refractivity contribution in [2.24, 2.45) is 5.92 Å². The van der Waals surface area contributed by atoms with Gasteiger partial charge in [-0.1, -0.05) is 56.1 Å². The van der Waals surface area contributed by atoms with Crippen molar-refractivity contribution in [3.05, 3.63) is 77.4 Å². The van der Waals surface area contributed by atoms with Gasteiger partial charge in [-0.15, -0.1) is 0 Å². The molecule has 0 bridgehead atoms. The predicted octanol–water partition coefficient (Wildman–Crippen LogP) is 7.31. The molecule has 1 aliphatic rings. The number of methoxy groups -OCH3 is 2. The molecule has 0 amide bonds. The molecule has 10 heteroatoms. The number of esters is 2. The van der Waals surface area contributed by atoms with Crippen LogP contribution in [-0.2, 0) is 18.9 Å². The van der Waals surface area contributed by atoms with Crippen molar-refractivity contribution in [2.75, 3.05) is 27.6 Å². The van der Waals surface area contributed by atoms with Crippen molar-refractivity contribution in [3.63, 3.8) is 0 Å². The lowest BCUT2D eigenvalue weighted by Crippen LogP contribution is -2.35. The number of carbonyl (C=O) groups excluding carboxylic acids is 2. The number of rotatable bonds is 17. The van der Waals surface area contributed by atoms with Gasteiger partial charge >= 0.3 is 11.9 Å². The van der Waals surface area contributed by atoms with Crippen LogP contribution in [-0.4, -0.2) is 76.7 Å². The van der Waals surface area contributed by atoms with Gasteiger partial charge in [0.25, 0.3) is 0 Å². The molecule has 4 atom stereocenters. The molecule has 9 nitrogen and oxygen atoms in total. The van der Waals surface area contributed by atoms with E-state index >= 15 is 0 Å². The number of ether oxygens (including phenoxy) is 6. The summed E-state index contributed by atoms with van der Waals surface area (Å²) in [6, 6.07) is 13.1. The van der Waals surface area contributed by atoms with Gasteiger partial charge < -0.3 is 33.5 Å². The summed E-state index contributed by atoms with van der Waals surface area (Å²) in [6.45, 7) is 12.7. The van der Waals surface area contributed by atoms with E-state index in [-0.39, 0.29) is 12.7 Å². The average molecular weight is 669 g/mol. The van der Waals surface area contributed by atoms with Crippen LogP contribution in [0.3, 0.4) is 0 Å². The summed E-state index contributed by atoms with van der Waals surface area (Å²) in [4.78, 5) is 26.6. The molecule has 47 heavy (non-hydrogen) atoms. The second-order valence-electron chi connectivity index (χ2n) is 13.8. The average Bonchev–Trinajstić information content (AvgIpc) is 3.32. The number of allylic oxidation sites excluding steroid dienone is 1. The molecule has 0 saturated carbocycles. The van der Waals surface area contributed by atoms with E-state index in [1.54, 1.807) is 50.4 Å². The van der Waals surface area contributed by atoms with Crippen LogP contribution in [0.25, 0.3) is 6.08 Å². The van der Waals surface area contributed by atoms with Crippen LogP contribution in [0.2, 0.25) is 25.7 Å². The third-order valence-electron chi connectivity index (χ3n) is 7.75. The fraction of sp³-hybridized carbons (Fsp3) is 0.514. The maximum absolute atomic E-state index is 13.5. The van der Waals surface area contributed by atoms with Gasteiger partial charge in [-0.25, -0.2) is 9.59 Å². The molecule has 3 unspecified atom stereocenters. The van der Waals surface area contributed by atoms with E-state index in [1.165, 1.54) is 7.11 Å². The molecule has 3 rings (SSSR count). The van der Waals surface area contributed by atoms with Crippen LogP contribution in [0, 0.1) is 5.92 Å². The minimum Gasteiger partial charge on any atom is -0.497 e. The van der Waals surface area contributed by atoms with E-state index in [9.17, 15) is 14.7 Å². The fourth-order valence-electron chi connectivity index (χ4n) is 5.41. The summed E-state index contributed by atoms with van der Waals surface area (Å²) in [5, 5.41) is 9.84. The molecule has 1 saturated heterocycles. The molecule has 1 aliphatic heterocycles. The highest BCUT2D eigenvalue weighted by molar-refractivity contribution is 6.76. The zero-order valence-electron chi connectivity index (χ0n) is 29.1. The second kappa shape index (κ2) is 17.6. The van der Waals surface area contributed by atoms with Gasteiger partial charge in [0.15, 0.2) is 6.79 Å². The number of hydrogen-bond donors (Lipinski definition) is 1. The van der Waals surface area contributed by atoms with Crippen LogP contribution in [0.5, 0.6) is 11.5 Å². The Labute approximate surface area is 280 Å². The van der Waals surface area contributed by atoms with E-state index in [4.69, 9.17) is 28.4 Å². The van der Waals surface area contributed by atoms with E-state index in [2.05, 4.69) is 19.6 Å². The van der Waals surface area contributed by atoms with Gasteiger partial charge in [0.05, 0.1) is 31.0 Å². The molecule has 2 aromatic rings. The molecule has 0 radical (unpaired) electrons. The minimum atomic E-state index is -1.42. The smallest absolute Gasteiger partial charge is 0.342 e. The Kier molecular flexibility index (Phi) is 14.3. The summed E-state index contributed by atoms with van der Waals surface area (Å²) < 4.78 is 34.7. The number of aliphatic hydroxyl groups excluding tert-OH is 1. The molecule has 1 fully saturated rings. The first-order chi connectivity index (χ1) is 22.2. The quantitative estimate of drug-likeness (QED) is 0.0803. The summed E-state index contributed by atoms with van der Waals surface area (Å²) in [6.07, 6.45) is 7.56. The van der Waals surface area contributed by atoms with Crippen LogP contribution < -0.4 is 9.47 Å². The van der Waals surface area contributed by atoms with Crippen molar-refractivity contribution < 1.29 is 43.1 Å². The van der Waals surface area contributed by atoms with Gasteiger partial charge in [0.1, 0.15) is 29.3 Å². The van der Waals surface area contributed by atoms with Gasteiger partial charge in [-0.3, -0.25) is 0 Å². The predicted molar refractivity (Wildman–Crippen MR) is 186 cm³/mol. The van der Waals surface area contributed by atoms with Gasteiger partial charge in [-0.2, -0.15) is 0 Å². The monoisotopic (exact) mass is 668 g/mol. The summed E-state index contributed by atoms with van der Waals surface area (Å²) in [5.74, 6) is -0.113. The van der Waals surface area contributed by atoms with Gasteiger partial charge in [0.2, 0.25) is 0 Å². The maximum atomic E-state index is 13.5. The topological polar surface area (TPSA) is 110 Å². The lowest BCUT2D eigenvalue weighted by Gasteiger charge is -2.26. The molecule has 0 spiro atoms. The molecule has 258 valence electrons. The summed E-state index contributed by atoms with van der Waals surface area (Å²) >= 11 is 0. The molecular weight excluding hydrogens is 616 g/mol. The fourth-order valence-corrected chi connectivity index (χ4v) is 6.13. The van der Waals surface area contributed by atoms with Crippen molar-refractivity contribution in [1.82, 2.24) is 0 Å². The Morgan fingerprint density at radius 1 is 1.09 bits per heavy atom. The first-order valence-corrected chi connectivity index (χ1v) is 19.9. The maximum Gasteiger partial charge on any atom is 0.342 e. The van der Waals surface area contributed by atoms with Crippen molar-refractivity contribution in [1.29, 1.82) is 0 Å². The number of aliphatic hydroxyl groups is 1. The van der Waals surface area contributed by atoms with Crippen molar-refractivity contribution >= 4 is 26.1 Å². The number of hydrogen-bond acceptors (Lipinski definition) is 9. The van der Waals surface area contributed by atoms with E-state index in [0.29, 0.717) is 47.6 Å². The Bertz CT molecular complexity index is 1360. The number of carbonyl (C=O) groups is 2. The molecule has 1 N–H and O–H groups in total. The summed E-state index contributed by atoms with van der Waals surface area (Å²) in [5.41, 5.74) is 0.877. The van der Waals surface area contributed by atoms with Crippen LogP contribution in [0.4, 0.5) is 0 Å². The highest BCUT2D eigenvalue weighted by Crippen LogP contribution is 2.40. The molecule has 0 aliphatic carbocycles. The highest BCUT2D eigenvalue weighted by atomic mass is 28.3. The second-order valence-corrected chi connectivity index (χ2v) is 19.4. The van der Waals surface area contributed by atoms with Crippen LogP contribution >= 0.6 is 0 Å². The van der Waals surface area contributed by atoms with Crippen LogP contribution in [0.15, 0.2) is 60.7 Å². The zero-order chi connectivity index (χ0) is 34.6. The van der Waals surface area contributed by atoms with E-state index < -0.39 is 43.9 Å². The summed E-state index contributed by atoms with van der Waals surface area (Å²) in [7, 11) is 1.65. The van der Waals surface area contributed by atoms with Gasteiger partial charge in [0, 0.05) is 21.3 Å². The lowest BCUT2D eigenvalue weighted by molar-refractivity contribution is -0.0723. The molecular formula is C37H52O9Si. The zero-order valence-corrected chi connectivity index (χ0v) is 30.1. The third kappa shape index (κ3) is 12.3. The molecule has 2 aromatic carbocycles. The normalized spacial score (nSPS) is 19.1. The molecule has 1 heterocycles. The van der Waals surface area contributed by atoms with Crippen molar-refractivity contribution in [2.45, 2.75) is 89.6 Å². The molecule has 0 aromatic heterocycles. The minimum absolute atomic E-state index is 0.0204. The number of benzene rings is 2. The Balaban J connectivity index is 1.92. The largest absolute Gasteiger partial charge is 0.497 e. The first-order valence-electron chi connectivity index (χ1n) is 16.2. The van der Waals surface area contributed by atoms with Crippen LogP contribution in [0.1, 0.15) is 66.3 Å². The van der Waals surface area contributed by atoms with Gasteiger partial charge in [-0.05, 0) is 81.8 Å². The SMILES string of the molecule is COCOc1cc(OC)cc(/C=C/C[C@@H]2CC(C)(C)OC2C(/C=C\CC(C)O)OC(=O)c2ccccc2)c1C(=O)OCC[Si](C)(C)C. The first kappa shape index (κ1) is 38.0. The lowest BCUT2D eigenvalue weighted by atomic mass is 9.88. The highest BCUT2D eigenvalue weighted by Gasteiger charge is 2.44. The Morgan fingerprint density at radius 2 is 1.81 bits per heavy atom. The van der Waals surface area contributed by atoms with Crippen molar-refractivity contribution in [3.8, 4) is 11.5 Å². The van der Waals surface area contributed by atoms with E-state index in [1.807, 2.05) is 44.2 Å². The standard InChI is InChI=1S/C37H52O9Si/c1-26(38)14-12-19-31(45-35(39)27-15-10-9-11-16-27)34-29(24-37(2,3)46-34)18-13-17-28-22-30(42-5)23-32(44-25-41-4)33(28)36(40)43-20-21-47(6,7)8/h9-13,15-17,19,22-23,26,29,31,34,38H,14,18,20-21,24-25H2,1-8H3/b17-13+,19-12-/t26?,29-,31?,34?/m1/s1. The van der Waals surface area contributed by atoms with E-state index in [0.717, 1.165) is 12.5 Å². The third-order valence-corrected chi connectivity index (χ3v) is 9.46.